The molecule has 0 spiro atoms. The summed E-state index contributed by atoms with van der Waals surface area (Å²) in [6, 6.07) is 2.95. The maximum absolute atomic E-state index is 11.0. The Morgan fingerprint density at radius 3 is 2.95 bits per heavy atom. The molecular formula is C12H18N4O4. The van der Waals surface area contributed by atoms with E-state index >= 15 is 0 Å². The highest BCUT2D eigenvalue weighted by Gasteiger charge is 2.32. The molecule has 110 valence electrons. The van der Waals surface area contributed by atoms with Crippen molar-refractivity contribution in [3.8, 4) is 0 Å². The van der Waals surface area contributed by atoms with E-state index in [2.05, 4.69) is 15.6 Å². The first-order valence-corrected chi connectivity index (χ1v) is 6.47. The third-order valence-corrected chi connectivity index (χ3v) is 3.10. The Bertz CT molecular complexity index is 488. The van der Waals surface area contributed by atoms with Crippen LogP contribution in [0.1, 0.15) is 13.3 Å². The van der Waals surface area contributed by atoms with Crippen LogP contribution in [-0.4, -0.2) is 46.9 Å². The lowest BCUT2D eigenvalue weighted by Crippen LogP contribution is -2.37. The molecular weight excluding hydrogens is 264 g/mol. The van der Waals surface area contributed by atoms with Crippen LogP contribution in [0.25, 0.3) is 0 Å². The molecule has 20 heavy (non-hydrogen) atoms. The monoisotopic (exact) mass is 282 g/mol. The van der Waals surface area contributed by atoms with Crippen molar-refractivity contribution in [1.82, 2.24) is 4.98 Å². The first-order chi connectivity index (χ1) is 9.54. The largest absolute Gasteiger partial charge is 0.386 e. The van der Waals surface area contributed by atoms with Gasteiger partial charge in [-0.3, -0.25) is 10.1 Å². The average molecular weight is 282 g/mol. The van der Waals surface area contributed by atoms with Gasteiger partial charge in [0, 0.05) is 32.2 Å². The van der Waals surface area contributed by atoms with Crippen molar-refractivity contribution in [2.45, 2.75) is 18.9 Å². The highest BCUT2D eigenvalue weighted by atomic mass is 16.6. The lowest BCUT2D eigenvalue weighted by atomic mass is 10.0. The van der Waals surface area contributed by atoms with Crippen molar-refractivity contribution in [2.24, 2.45) is 0 Å². The van der Waals surface area contributed by atoms with Crippen LogP contribution in [0.5, 0.6) is 0 Å². The number of hydrogen-bond donors (Lipinski definition) is 3. The van der Waals surface area contributed by atoms with Gasteiger partial charge in [-0.05, 0) is 13.0 Å². The molecule has 3 N–H and O–H groups in total. The van der Waals surface area contributed by atoms with E-state index in [0.29, 0.717) is 25.4 Å². The average Bonchev–Trinajstić information content (AvgIpc) is 2.84. The van der Waals surface area contributed by atoms with Gasteiger partial charge < -0.3 is 20.5 Å². The van der Waals surface area contributed by atoms with Gasteiger partial charge in [0.25, 0.3) is 0 Å². The third kappa shape index (κ3) is 3.34. The zero-order chi connectivity index (χ0) is 14.6. The molecule has 1 aromatic rings. The molecule has 8 nitrogen and oxygen atoms in total. The Labute approximate surface area is 116 Å². The van der Waals surface area contributed by atoms with Gasteiger partial charge in [-0.25, -0.2) is 4.98 Å². The second kappa shape index (κ2) is 6.02. The van der Waals surface area contributed by atoms with E-state index in [-0.39, 0.29) is 24.7 Å². The van der Waals surface area contributed by atoms with Crippen molar-refractivity contribution in [1.29, 1.82) is 0 Å². The number of nitrogens with one attached hydrogen (secondary N) is 2. The predicted octanol–water partition coefficient (Wildman–Crippen LogP) is 0.985. The maximum Gasteiger partial charge on any atom is 0.311 e. The lowest BCUT2D eigenvalue weighted by molar-refractivity contribution is -0.384. The van der Waals surface area contributed by atoms with E-state index in [1.165, 1.54) is 6.07 Å². The van der Waals surface area contributed by atoms with Crippen LogP contribution in [0.4, 0.5) is 17.3 Å². The number of aromatic nitrogens is 1. The summed E-state index contributed by atoms with van der Waals surface area (Å²) in [5.74, 6) is 0.698. The molecule has 1 unspecified atom stereocenters. The van der Waals surface area contributed by atoms with Crippen LogP contribution < -0.4 is 10.6 Å². The molecule has 8 heteroatoms. The molecule has 0 radical (unpaired) electrons. The topological polar surface area (TPSA) is 110 Å². The Morgan fingerprint density at radius 2 is 2.35 bits per heavy atom. The summed E-state index contributed by atoms with van der Waals surface area (Å²) in [6.45, 7) is 3.46. The highest BCUT2D eigenvalue weighted by molar-refractivity contribution is 5.60. The normalized spacial score (nSPS) is 21.7. The summed E-state index contributed by atoms with van der Waals surface area (Å²) in [6.07, 6.45) is 0.501. The van der Waals surface area contributed by atoms with Gasteiger partial charge in [-0.2, -0.15) is 0 Å². The quantitative estimate of drug-likeness (QED) is 0.527. The van der Waals surface area contributed by atoms with Gasteiger partial charge >= 0.3 is 5.69 Å². The second-order valence-electron chi connectivity index (χ2n) is 4.73. The number of anilines is 2. The van der Waals surface area contributed by atoms with Crippen molar-refractivity contribution in [3.05, 3.63) is 22.2 Å². The lowest BCUT2D eigenvalue weighted by Gasteiger charge is -2.21. The van der Waals surface area contributed by atoms with Crippen molar-refractivity contribution < 1.29 is 14.8 Å². The zero-order valence-electron chi connectivity index (χ0n) is 11.3. The fraction of sp³-hybridized carbons (Fsp3) is 0.583. The Morgan fingerprint density at radius 1 is 1.55 bits per heavy atom. The first kappa shape index (κ1) is 14.5. The highest BCUT2D eigenvalue weighted by Crippen LogP contribution is 2.26. The molecule has 0 bridgehead atoms. The molecule has 0 aliphatic carbocycles. The van der Waals surface area contributed by atoms with E-state index in [4.69, 9.17) is 4.74 Å². The van der Waals surface area contributed by atoms with Gasteiger partial charge in [0.15, 0.2) is 0 Å². The number of hydrogen-bond acceptors (Lipinski definition) is 7. The van der Waals surface area contributed by atoms with Gasteiger partial charge in [-0.1, -0.05) is 0 Å². The molecule has 1 atom stereocenters. The van der Waals surface area contributed by atoms with E-state index < -0.39 is 10.5 Å². The summed E-state index contributed by atoms with van der Waals surface area (Å²) in [4.78, 5) is 14.6. The minimum absolute atomic E-state index is 0.117. The minimum atomic E-state index is -0.996. The molecule has 1 aliphatic rings. The Balaban J connectivity index is 2.14. The molecule has 1 aromatic heterocycles. The molecule has 0 aromatic carbocycles. The number of nitro groups is 1. The number of rotatable bonds is 6. The van der Waals surface area contributed by atoms with Gasteiger partial charge in [0.05, 0.1) is 11.5 Å². The van der Waals surface area contributed by atoms with Crippen molar-refractivity contribution in [3.63, 3.8) is 0 Å². The van der Waals surface area contributed by atoms with E-state index in [9.17, 15) is 15.2 Å². The van der Waals surface area contributed by atoms with Crippen molar-refractivity contribution >= 4 is 17.3 Å². The molecule has 0 amide bonds. The van der Waals surface area contributed by atoms with Crippen LogP contribution in [0.3, 0.4) is 0 Å². The van der Waals surface area contributed by atoms with E-state index in [1.807, 2.05) is 6.92 Å². The molecule has 0 saturated carbocycles. The number of pyridine rings is 1. The van der Waals surface area contributed by atoms with Crippen LogP contribution in [0, 0.1) is 10.1 Å². The van der Waals surface area contributed by atoms with Crippen LogP contribution in [-0.2, 0) is 4.74 Å². The van der Waals surface area contributed by atoms with E-state index in [1.54, 1.807) is 6.07 Å². The molecule has 2 rings (SSSR count). The summed E-state index contributed by atoms with van der Waals surface area (Å²) in [5.41, 5.74) is -1.11. The van der Waals surface area contributed by atoms with E-state index in [0.717, 1.165) is 0 Å². The zero-order valence-corrected chi connectivity index (χ0v) is 11.3. The molecule has 2 heterocycles. The van der Waals surface area contributed by atoms with Crippen LogP contribution in [0.2, 0.25) is 0 Å². The molecule has 1 saturated heterocycles. The summed E-state index contributed by atoms with van der Waals surface area (Å²) in [5, 5.41) is 27.0. The first-order valence-electron chi connectivity index (χ1n) is 6.47. The fourth-order valence-electron chi connectivity index (χ4n) is 1.99. The molecule has 1 aliphatic heterocycles. The summed E-state index contributed by atoms with van der Waals surface area (Å²) >= 11 is 0. The number of aliphatic hydroxyl groups is 1. The second-order valence-corrected chi connectivity index (χ2v) is 4.73. The molecule has 1 fully saturated rings. The van der Waals surface area contributed by atoms with Gasteiger partial charge in [-0.15, -0.1) is 0 Å². The SMILES string of the molecule is CCNc1ccc([N+](=O)[O-])c(NCC2(O)CCOC2)n1. The predicted molar refractivity (Wildman–Crippen MR) is 73.9 cm³/mol. The van der Waals surface area contributed by atoms with Crippen molar-refractivity contribution in [2.75, 3.05) is 36.9 Å². The minimum Gasteiger partial charge on any atom is -0.386 e. The summed E-state index contributed by atoms with van der Waals surface area (Å²) in [7, 11) is 0. The fourth-order valence-corrected chi connectivity index (χ4v) is 1.99. The standard InChI is InChI=1S/C12H18N4O4/c1-2-13-10-4-3-9(16(18)19)11(15-10)14-7-12(17)5-6-20-8-12/h3-4,17H,2,5-8H2,1H3,(H2,13,14,15). The number of ether oxygens (including phenoxy) is 1. The third-order valence-electron chi connectivity index (χ3n) is 3.10. The number of nitrogens with zero attached hydrogens (tertiary/aromatic N) is 2. The maximum atomic E-state index is 11.0. The Kier molecular flexibility index (Phi) is 4.35. The van der Waals surface area contributed by atoms with Gasteiger partial charge in [0.1, 0.15) is 11.4 Å². The van der Waals surface area contributed by atoms with Crippen LogP contribution in [0.15, 0.2) is 12.1 Å². The van der Waals surface area contributed by atoms with Gasteiger partial charge in [0.2, 0.25) is 5.82 Å². The smallest absolute Gasteiger partial charge is 0.311 e. The van der Waals surface area contributed by atoms with Crippen LogP contribution >= 0.6 is 0 Å². The Hall–Kier alpha value is -1.93. The summed E-state index contributed by atoms with van der Waals surface area (Å²) < 4.78 is 5.13.